The lowest BCUT2D eigenvalue weighted by molar-refractivity contribution is -0.136. The van der Waals surface area contributed by atoms with E-state index in [1.165, 1.54) is 12.8 Å². The number of rotatable bonds is 4. The van der Waals surface area contributed by atoms with E-state index in [0.717, 1.165) is 22.8 Å². The highest BCUT2D eigenvalue weighted by atomic mass is 16.4. The Morgan fingerprint density at radius 2 is 1.88 bits per heavy atom. The topological polar surface area (TPSA) is 63.1 Å². The number of nitrogens with zero attached hydrogens (tertiary/aromatic N) is 2. The fourth-order valence-corrected chi connectivity index (χ4v) is 1.88. The van der Waals surface area contributed by atoms with Crippen molar-refractivity contribution in [3.05, 3.63) is 22.8 Å². The maximum Gasteiger partial charge on any atom is 0.303 e. The molecule has 1 aromatic rings. The molecule has 0 bridgehead atoms. The zero-order valence-electron chi connectivity index (χ0n) is 9.66. The van der Waals surface area contributed by atoms with Crippen LogP contribution in [0.5, 0.6) is 0 Å². The Bertz CT molecular complexity index is 402. The van der Waals surface area contributed by atoms with Crippen LogP contribution in [0.25, 0.3) is 0 Å². The van der Waals surface area contributed by atoms with E-state index in [-0.39, 0.29) is 6.42 Å². The summed E-state index contributed by atoms with van der Waals surface area (Å²) in [5.74, 6) is 0.713. The second-order valence-electron chi connectivity index (χ2n) is 4.40. The molecule has 1 N–H and O–H groups in total. The first-order valence-corrected chi connectivity index (χ1v) is 5.63. The summed E-state index contributed by atoms with van der Waals surface area (Å²) < 4.78 is 0. The minimum Gasteiger partial charge on any atom is -0.481 e. The Morgan fingerprint density at radius 3 is 2.31 bits per heavy atom. The van der Waals surface area contributed by atoms with E-state index in [1.807, 2.05) is 13.8 Å². The number of carboxylic acids is 1. The smallest absolute Gasteiger partial charge is 0.303 e. The van der Waals surface area contributed by atoms with Crippen LogP contribution in [0.1, 0.15) is 48.0 Å². The molecule has 0 unspecified atom stereocenters. The van der Waals surface area contributed by atoms with E-state index in [2.05, 4.69) is 9.97 Å². The van der Waals surface area contributed by atoms with Crippen LogP contribution in [-0.2, 0) is 11.2 Å². The molecule has 0 aliphatic heterocycles. The quantitative estimate of drug-likeness (QED) is 0.842. The largest absolute Gasteiger partial charge is 0.481 e. The normalized spacial score (nSPS) is 15.1. The van der Waals surface area contributed by atoms with Crippen molar-refractivity contribution >= 4 is 5.97 Å². The zero-order chi connectivity index (χ0) is 11.7. The molecule has 1 aromatic heterocycles. The van der Waals surface area contributed by atoms with Crippen LogP contribution in [0.4, 0.5) is 0 Å². The third kappa shape index (κ3) is 2.38. The first-order chi connectivity index (χ1) is 7.58. The van der Waals surface area contributed by atoms with Gasteiger partial charge >= 0.3 is 5.97 Å². The van der Waals surface area contributed by atoms with E-state index in [0.29, 0.717) is 12.3 Å². The predicted octanol–water partition coefficient (Wildman–Crippen LogP) is 1.99. The summed E-state index contributed by atoms with van der Waals surface area (Å²) in [5.41, 5.74) is 2.87. The lowest BCUT2D eigenvalue weighted by atomic mass is 10.1. The molecular weight excluding hydrogens is 204 g/mol. The molecule has 0 radical (unpaired) electrons. The van der Waals surface area contributed by atoms with E-state index >= 15 is 0 Å². The third-order valence-electron chi connectivity index (χ3n) is 2.97. The van der Waals surface area contributed by atoms with Gasteiger partial charge in [0.05, 0.1) is 0 Å². The molecule has 16 heavy (non-hydrogen) atoms. The highest BCUT2D eigenvalue weighted by molar-refractivity contribution is 5.67. The number of hydrogen-bond acceptors (Lipinski definition) is 3. The maximum absolute atomic E-state index is 10.5. The van der Waals surface area contributed by atoms with Crippen LogP contribution in [0.15, 0.2) is 0 Å². The molecule has 1 fully saturated rings. The minimum atomic E-state index is -0.773. The molecule has 1 saturated carbocycles. The molecule has 0 atom stereocenters. The van der Waals surface area contributed by atoms with Crippen LogP contribution in [0.3, 0.4) is 0 Å². The van der Waals surface area contributed by atoms with Gasteiger partial charge in [0.1, 0.15) is 5.82 Å². The second kappa shape index (κ2) is 4.20. The lowest BCUT2D eigenvalue weighted by Gasteiger charge is -2.09. The molecule has 4 heteroatoms. The average Bonchev–Trinajstić information content (AvgIpc) is 2.98. The highest BCUT2D eigenvalue weighted by Crippen LogP contribution is 2.38. The number of aliphatic carboxylic acids is 1. The summed E-state index contributed by atoms with van der Waals surface area (Å²) >= 11 is 0. The molecule has 1 aliphatic rings. The van der Waals surface area contributed by atoms with E-state index in [9.17, 15) is 4.79 Å². The SMILES string of the molecule is Cc1nc(C2CC2)nc(C)c1CCC(=O)O. The monoisotopic (exact) mass is 220 g/mol. The fraction of sp³-hybridized carbons (Fsp3) is 0.583. The van der Waals surface area contributed by atoms with Gasteiger partial charge < -0.3 is 5.11 Å². The molecule has 1 heterocycles. The van der Waals surface area contributed by atoms with Crippen LogP contribution < -0.4 is 0 Å². The van der Waals surface area contributed by atoms with Crippen molar-refractivity contribution in [3.8, 4) is 0 Å². The second-order valence-corrected chi connectivity index (χ2v) is 4.40. The third-order valence-corrected chi connectivity index (χ3v) is 2.97. The standard InChI is InChI=1S/C12H16N2O2/c1-7-10(5-6-11(15)16)8(2)14-12(13-7)9-3-4-9/h9H,3-6H2,1-2H3,(H,15,16). The number of aryl methyl sites for hydroxylation is 2. The molecule has 0 aromatic carbocycles. The molecule has 0 spiro atoms. The van der Waals surface area contributed by atoms with Gasteiger partial charge in [0.2, 0.25) is 0 Å². The van der Waals surface area contributed by atoms with Crippen molar-refractivity contribution in [2.75, 3.05) is 0 Å². The molecule has 86 valence electrons. The molecule has 2 rings (SSSR count). The van der Waals surface area contributed by atoms with Gasteiger partial charge in [-0.3, -0.25) is 4.79 Å². The van der Waals surface area contributed by atoms with Gasteiger partial charge in [-0.2, -0.15) is 0 Å². The van der Waals surface area contributed by atoms with Crippen molar-refractivity contribution in [1.82, 2.24) is 9.97 Å². The van der Waals surface area contributed by atoms with Crippen molar-refractivity contribution in [1.29, 1.82) is 0 Å². The average molecular weight is 220 g/mol. The molecule has 0 amide bonds. The van der Waals surface area contributed by atoms with Crippen LogP contribution >= 0.6 is 0 Å². The molecule has 4 nitrogen and oxygen atoms in total. The van der Waals surface area contributed by atoms with Crippen molar-refractivity contribution in [2.45, 2.75) is 45.4 Å². The van der Waals surface area contributed by atoms with Crippen molar-refractivity contribution < 1.29 is 9.90 Å². The van der Waals surface area contributed by atoms with Gasteiger partial charge in [-0.25, -0.2) is 9.97 Å². The number of aromatic nitrogens is 2. The Kier molecular flexibility index (Phi) is 2.90. The molecule has 0 saturated heterocycles. The van der Waals surface area contributed by atoms with Crippen molar-refractivity contribution in [3.63, 3.8) is 0 Å². The fourth-order valence-electron chi connectivity index (χ4n) is 1.88. The van der Waals surface area contributed by atoms with E-state index in [1.54, 1.807) is 0 Å². The van der Waals surface area contributed by atoms with Crippen LogP contribution in [-0.4, -0.2) is 21.0 Å². The summed E-state index contributed by atoms with van der Waals surface area (Å²) in [6, 6.07) is 0. The Morgan fingerprint density at radius 1 is 1.31 bits per heavy atom. The van der Waals surface area contributed by atoms with E-state index in [4.69, 9.17) is 5.11 Å². The predicted molar refractivity (Wildman–Crippen MR) is 59.4 cm³/mol. The summed E-state index contributed by atoms with van der Waals surface area (Å²) in [6.07, 6.45) is 3.05. The summed E-state index contributed by atoms with van der Waals surface area (Å²) in [6.45, 7) is 3.88. The zero-order valence-corrected chi connectivity index (χ0v) is 9.66. The van der Waals surface area contributed by atoms with Gasteiger partial charge in [0, 0.05) is 23.7 Å². The van der Waals surface area contributed by atoms with Gasteiger partial charge in [0.15, 0.2) is 0 Å². The lowest BCUT2D eigenvalue weighted by Crippen LogP contribution is -2.07. The molecular formula is C12H16N2O2. The number of carboxylic acid groups (broad SMARTS) is 1. The van der Waals surface area contributed by atoms with Gasteiger partial charge in [-0.15, -0.1) is 0 Å². The Hall–Kier alpha value is -1.45. The Balaban J connectivity index is 2.20. The summed E-state index contributed by atoms with van der Waals surface area (Å²) in [4.78, 5) is 19.5. The maximum atomic E-state index is 10.5. The highest BCUT2D eigenvalue weighted by Gasteiger charge is 2.27. The van der Waals surface area contributed by atoms with Crippen LogP contribution in [0.2, 0.25) is 0 Å². The first-order valence-electron chi connectivity index (χ1n) is 5.63. The summed E-state index contributed by atoms with van der Waals surface area (Å²) in [5, 5.41) is 8.67. The van der Waals surface area contributed by atoms with Gasteiger partial charge in [-0.1, -0.05) is 0 Å². The minimum absolute atomic E-state index is 0.147. The van der Waals surface area contributed by atoms with E-state index < -0.39 is 5.97 Å². The number of carbonyl (C=O) groups is 1. The first kappa shape index (κ1) is 11.0. The Labute approximate surface area is 94.7 Å². The van der Waals surface area contributed by atoms with Gasteiger partial charge in [-0.05, 0) is 38.7 Å². The van der Waals surface area contributed by atoms with Gasteiger partial charge in [0.25, 0.3) is 0 Å². The van der Waals surface area contributed by atoms with Crippen molar-refractivity contribution in [2.24, 2.45) is 0 Å². The summed E-state index contributed by atoms with van der Waals surface area (Å²) in [7, 11) is 0. The van der Waals surface area contributed by atoms with Crippen LogP contribution in [0, 0.1) is 13.8 Å². The molecule has 1 aliphatic carbocycles. The number of hydrogen-bond donors (Lipinski definition) is 1.